The van der Waals surface area contributed by atoms with E-state index in [9.17, 15) is 4.79 Å². The minimum absolute atomic E-state index is 0.0431. The Morgan fingerprint density at radius 3 is 3.05 bits per heavy atom. The largest absolute Gasteiger partial charge is 0.467 e. The van der Waals surface area contributed by atoms with Gasteiger partial charge in [0.05, 0.1) is 13.2 Å². The molecule has 2 atom stereocenters. The number of morpholine rings is 1. The number of hydrogen-bond donors (Lipinski definition) is 0. The van der Waals surface area contributed by atoms with Gasteiger partial charge in [-0.2, -0.15) is 0 Å². The fourth-order valence-corrected chi connectivity index (χ4v) is 2.30. The molecule has 0 unspecified atom stereocenters. The van der Waals surface area contributed by atoms with Gasteiger partial charge in [-0.25, -0.2) is 4.79 Å². The predicted octanol–water partition coefficient (Wildman–Crippen LogP) is 0.886. The SMILES string of the molecule is COC(=O)[C@H]1CN(CCc2ccccn2)C[C@@H](C)O1. The summed E-state index contributed by atoms with van der Waals surface area (Å²) >= 11 is 0. The number of carbonyl (C=O) groups excluding carboxylic acids is 1. The summed E-state index contributed by atoms with van der Waals surface area (Å²) < 4.78 is 10.3. The van der Waals surface area contributed by atoms with Gasteiger partial charge in [-0.15, -0.1) is 0 Å². The molecule has 1 aliphatic heterocycles. The van der Waals surface area contributed by atoms with Crippen LogP contribution in [0, 0.1) is 0 Å². The highest BCUT2D eigenvalue weighted by Gasteiger charge is 2.30. The van der Waals surface area contributed by atoms with Gasteiger partial charge in [0.1, 0.15) is 0 Å². The van der Waals surface area contributed by atoms with Crippen molar-refractivity contribution in [2.75, 3.05) is 26.7 Å². The molecular weight excluding hydrogens is 244 g/mol. The van der Waals surface area contributed by atoms with Gasteiger partial charge in [0.15, 0.2) is 6.10 Å². The molecule has 0 spiro atoms. The first kappa shape index (κ1) is 14.0. The van der Waals surface area contributed by atoms with E-state index in [-0.39, 0.29) is 12.1 Å². The zero-order valence-corrected chi connectivity index (χ0v) is 11.4. The average molecular weight is 264 g/mol. The van der Waals surface area contributed by atoms with Crippen molar-refractivity contribution in [3.05, 3.63) is 30.1 Å². The average Bonchev–Trinajstić information content (AvgIpc) is 2.45. The minimum Gasteiger partial charge on any atom is -0.467 e. The number of aromatic nitrogens is 1. The summed E-state index contributed by atoms with van der Waals surface area (Å²) in [5, 5.41) is 0. The van der Waals surface area contributed by atoms with Crippen LogP contribution < -0.4 is 0 Å². The standard InChI is InChI=1S/C14H20N2O3/c1-11-9-16(10-13(19-11)14(17)18-2)8-6-12-5-3-4-7-15-12/h3-5,7,11,13H,6,8-10H2,1-2H3/t11-,13-/m1/s1. The van der Waals surface area contributed by atoms with E-state index in [0.29, 0.717) is 6.54 Å². The first-order chi connectivity index (χ1) is 9.19. The first-order valence-corrected chi connectivity index (χ1v) is 6.54. The van der Waals surface area contributed by atoms with Crippen LogP contribution in [0.4, 0.5) is 0 Å². The van der Waals surface area contributed by atoms with Gasteiger partial charge in [-0.1, -0.05) is 6.07 Å². The van der Waals surface area contributed by atoms with Crippen LogP contribution in [0.1, 0.15) is 12.6 Å². The van der Waals surface area contributed by atoms with Crippen molar-refractivity contribution >= 4 is 5.97 Å². The number of rotatable bonds is 4. The third-order valence-corrected chi connectivity index (χ3v) is 3.21. The highest BCUT2D eigenvalue weighted by molar-refractivity contribution is 5.74. The van der Waals surface area contributed by atoms with Crippen molar-refractivity contribution in [1.29, 1.82) is 0 Å². The molecule has 1 fully saturated rings. The van der Waals surface area contributed by atoms with Gasteiger partial charge in [0.25, 0.3) is 0 Å². The maximum absolute atomic E-state index is 11.5. The fourth-order valence-electron chi connectivity index (χ4n) is 2.30. The number of carbonyl (C=O) groups is 1. The summed E-state index contributed by atoms with van der Waals surface area (Å²) in [4.78, 5) is 18.1. The molecule has 1 aromatic heterocycles. The minimum atomic E-state index is -0.475. The molecule has 0 bridgehead atoms. The van der Waals surface area contributed by atoms with Gasteiger partial charge in [-0.3, -0.25) is 9.88 Å². The van der Waals surface area contributed by atoms with E-state index in [2.05, 4.69) is 9.88 Å². The van der Waals surface area contributed by atoms with Gasteiger partial charge in [0.2, 0.25) is 0 Å². The monoisotopic (exact) mass is 264 g/mol. The quantitative estimate of drug-likeness (QED) is 0.756. The molecule has 0 amide bonds. The van der Waals surface area contributed by atoms with Gasteiger partial charge in [-0.05, 0) is 19.1 Å². The molecule has 1 saturated heterocycles. The number of methoxy groups -OCH3 is 1. The lowest BCUT2D eigenvalue weighted by molar-refractivity contribution is -0.166. The Labute approximate surface area is 113 Å². The molecule has 1 aromatic rings. The second kappa shape index (κ2) is 6.63. The molecule has 2 rings (SSSR count). The third-order valence-electron chi connectivity index (χ3n) is 3.21. The molecule has 0 saturated carbocycles. The van der Waals surface area contributed by atoms with E-state index < -0.39 is 6.10 Å². The normalized spacial score (nSPS) is 24.1. The molecule has 0 aromatic carbocycles. The van der Waals surface area contributed by atoms with E-state index in [1.807, 2.05) is 25.1 Å². The summed E-state index contributed by atoms with van der Waals surface area (Å²) in [6, 6.07) is 5.91. The number of esters is 1. The Bertz CT molecular complexity index is 410. The maximum atomic E-state index is 11.5. The number of nitrogens with zero attached hydrogens (tertiary/aromatic N) is 2. The summed E-state index contributed by atoms with van der Waals surface area (Å²) in [6.45, 7) is 4.27. The molecule has 5 nitrogen and oxygen atoms in total. The van der Waals surface area contributed by atoms with Crippen molar-refractivity contribution < 1.29 is 14.3 Å². The zero-order valence-electron chi connectivity index (χ0n) is 11.4. The van der Waals surface area contributed by atoms with Crippen LogP contribution in [0.5, 0.6) is 0 Å². The molecule has 0 radical (unpaired) electrons. The molecule has 0 aliphatic carbocycles. The number of hydrogen-bond acceptors (Lipinski definition) is 5. The lowest BCUT2D eigenvalue weighted by atomic mass is 10.2. The lowest BCUT2D eigenvalue weighted by Gasteiger charge is -2.35. The smallest absolute Gasteiger partial charge is 0.336 e. The Morgan fingerprint density at radius 2 is 2.37 bits per heavy atom. The van der Waals surface area contributed by atoms with E-state index >= 15 is 0 Å². The molecule has 104 valence electrons. The molecule has 2 heterocycles. The lowest BCUT2D eigenvalue weighted by Crippen LogP contribution is -2.50. The molecular formula is C14H20N2O3. The molecule has 19 heavy (non-hydrogen) atoms. The van der Waals surface area contributed by atoms with Crippen LogP contribution in [0.15, 0.2) is 24.4 Å². The Kier molecular flexibility index (Phi) is 4.87. The van der Waals surface area contributed by atoms with Gasteiger partial charge in [0, 0.05) is 37.9 Å². The van der Waals surface area contributed by atoms with E-state index in [4.69, 9.17) is 9.47 Å². The van der Waals surface area contributed by atoms with Crippen LogP contribution in [0.2, 0.25) is 0 Å². The Hall–Kier alpha value is -1.46. The first-order valence-electron chi connectivity index (χ1n) is 6.54. The Morgan fingerprint density at radius 1 is 1.53 bits per heavy atom. The molecule has 0 N–H and O–H groups in total. The van der Waals surface area contributed by atoms with E-state index in [0.717, 1.165) is 25.2 Å². The fraction of sp³-hybridized carbons (Fsp3) is 0.571. The van der Waals surface area contributed by atoms with Crippen molar-refractivity contribution in [1.82, 2.24) is 9.88 Å². The van der Waals surface area contributed by atoms with Gasteiger partial charge >= 0.3 is 5.97 Å². The summed E-state index contributed by atoms with van der Waals surface area (Å²) in [7, 11) is 1.39. The summed E-state index contributed by atoms with van der Waals surface area (Å²) in [5.41, 5.74) is 1.07. The number of ether oxygens (including phenoxy) is 2. The topological polar surface area (TPSA) is 51.7 Å². The highest BCUT2D eigenvalue weighted by Crippen LogP contribution is 2.12. The zero-order chi connectivity index (χ0) is 13.7. The Balaban J connectivity index is 1.87. The van der Waals surface area contributed by atoms with Crippen molar-refractivity contribution in [2.45, 2.75) is 25.6 Å². The van der Waals surface area contributed by atoms with Crippen molar-refractivity contribution in [3.8, 4) is 0 Å². The maximum Gasteiger partial charge on any atom is 0.336 e. The van der Waals surface area contributed by atoms with E-state index in [1.54, 1.807) is 6.20 Å². The van der Waals surface area contributed by atoms with Crippen molar-refractivity contribution in [3.63, 3.8) is 0 Å². The second-order valence-corrected chi connectivity index (χ2v) is 4.79. The van der Waals surface area contributed by atoms with Crippen LogP contribution in [-0.4, -0.2) is 54.8 Å². The predicted molar refractivity (Wildman–Crippen MR) is 70.7 cm³/mol. The van der Waals surface area contributed by atoms with Crippen molar-refractivity contribution in [2.24, 2.45) is 0 Å². The van der Waals surface area contributed by atoms with Gasteiger partial charge < -0.3 is 9.47 Å². The molecule has 5 heteroatoms. The van der Waals surface area contributed by atoms with Crippen LogP contribution >= 0.6 is 0 Å². The highest BCUT2D eigenvalue weighted by atomic mass is 16.6. The number of pyridine rings is 1. The van der Waals surface area contributed by atoms with Crippen LogP contribution in [-0.2, 0) is 20.7 Å². The van der Waals surface area contributed by atoms with Crippen LogP contribution in [0.25, 0.3) is 0 Å². The molecule has 1 aliphatic rings. The van der Waals surface area contributed by atoms with Crippen LogP contribution in [0.3, 0.4) is 0 Å². The van der Waals surface area contributed by atoms with E-state index in [1.165, 1.54) is 7.11 Å². The second-order valence-electron chi connectivity index (χ2n) is 4.79. The summed E-state index contributed by atoms with van der Waals surface area (Å²) in [5.74, 6) is -0.297. The summed E-state index contributed by atoms with van der Waals surface area (Å²) in [6.07, 6.45) is 2.25. The third kappa shape index (κ3) is 4.01.